The Kier molecular flexibility index (Phi) is 3.87. The first-order chi connectivity index (χ1) is 10.2. The molecule has 0 radical (unpaired) electrons. The highest BCUT2D eigenvalue weighted by molar-refractivity contribution is 5.41. The van der Waals surface area contributed by atoms with Crippen molar-refractivity contribution in [1.82, 2.24) is 9.97 Å². The van der Waals surface area contributed by atoms with Gasteiger partial charge in [-0.05, 0) is 25.0 Å². The summed E-state index contributed by atoms with van der Waals surface area (Å²) in [4.78, 5) is 10.8. The Morgan fingerprint density at radius 1 is 1.14 bits per heavy atom. The van der Waals surface area contributed by atoms with E-state index in [-0.39, 0.29) is 11.8 Å². The van der Waals surface area contributed by atoms with Crippen molar-refractivity contribution in [2.75, 3.05) is 18.0 Å². The largest absolute Gasteiger partial charge is 0.504 e. The SMILES string of the molecule is NC1CCN(c2ncc(Oc3ccccc3O)cn2)CC1. The summed E-state index contributed by atoms with van der Waals surface area (Å²) >= 11 is 0. The van der Waals surface area contributed by atoms with Crippen LogP contribution in [0.15, 0.2) is 36.7 Å². The summed E-state index contributed by atoms with van der Waals surface area (Å²) in [7, 11) is 0. The fraction of sp³-hybridized carbons (Fsp3) is 0.333. The lowest BCUT2D eigenvalue weighted by Gasteiger charge is -2.29. The van der Waals surface area contributed by atoms with E-state index in [9.17, 15) is 5.11 Å². The molecule has 0 spiro atoms. The molecule has 1 aromatic carbocycles. The molecule has 0 bridgehead atoms. The fourth-order valence-electron chi connectivity index (χ4n) is 2.30. The molecule has 1 fully saturated rings. The van der Waals surface area contributed by atoms with Gasteiger partial charge in [0, 0.05) is 19.1 Å². The van der Waals surface area contributed by atoms with Crippen LogP contribution in [0.4, 0.5) is 5.95 Å². The highest BCUT2D eigenvalue weighted by Crippen LogP contribution is 2.29. The molecule has 2 heterocycles. The first-order valence-electron chi connectivity index (χ1n) is 7.01. The quantitative estimate of drug-likeness (QED) is 0.896. The number of para-hydroxylation sites is 2. The zero-order chi connectivity index (χ0) is 14.7. The lowest BCUT2D eigenvalue weighted by atomic mass is 10.1. The molecule has 110 valence electrons. The molecule has 21 heavy (non-hydrogen) atoms. The Bertz CT molecular complexity index is 595. The van der Waals surface area contributed by atoms with Crippen molar-refractivity contribution < 1.29 is 9.84 Å². The lowest BCUT2D eigenvalue weighted by Crippen LogP contribution is -2.40. The van der Waals surface area contributed by atoms with Crippen molar-refractivity contribution in [3.63, 3.8) is 0 Å². The molecule has 0 amide bonds. The Labute approximate surface area is 123 Å². The van der Waals surface area contributed by atoms with Crippen LogP contribution in [0.1, 0.15) is 12.8 Å². The van der Waals surface area contributed by atoms with Crippen LogP contribution in [0, 0.1) is 0 Å². The average molecular weight is 286 g/mol. The number of ether oxygens (including phenoxy) is 1. The van der Waals surface area contributed by atoms with E-state index < -0.39 is 0 Å². The van der Waals surface area contributed by atoms with E-state index >= 15 is 0 Å². The van der Waals surface area contributed by atoms with Crippen LogP contribution in [0.2, 0.25) is 0 Å². The number of piperidine rings is 1. The second-order valence-corrected chi connectivity index (χ2v) is 5.11. The van der Waals surface area contributed by atoms with Gasteiger partial charge in [-0.15, -0.1) is 0 Å². The number of aromatic nitrogens is 2. The molecule has 6 heteroatoms. The minimum absolute atomic E-state index is 0.0894. The smallest absolute Gasteiger partial charge is 0.225 e. The molecule has 0 unspecified atom stereocenters. The number of benzene rings is 1. The zero-order valence-electron chi connectivity index (χ0n) is 11.6. The van der Waals surface area contributed by atoms with Gasteiger partial charge < -0.3 is 20.5 Å². The normalized spacial score (nSPS) is 16.0. The molecule has 2 aromatic rings. The van der Waals surface area contributed by atoms with Crippen molar-refractivity contribution in [1.29, 1.82) is 0 Å². The number of phenols is 1. The van der Waals surface area contributed by atoms with E-state index in [0.717, 1.165) is 25.9 Å². The summed E-state index contributed by atoms with van der Waals surface area (Å²) in [5.41, 5.74) is 5.89. The molecular weight excluding hydrogens is 268 g/mol. The molecule has 3 N–H and O–H groups in total. The molecular formula is C15H18N4O2. The molecule has 0 saturated carbocycles. The maximum Gasteiger partial charge on any atom is 0.225 e. The van der Waals surface area contributed by atoms with E-state index in [0.29, 0.717) is 17.4 Å². The van der Waals surface area contributed by atoms with Crippen molar-refractivity contribution in [2.24, 2.45) is 5.73 Å². The van der Waals surface area contributed by atoms with Gasteiger partial charge in [0.1, 0.15) is 0 Å². The average Bonchev–Trinajstić information content (AvgIpc) is 2.51. The van der Waals surface area contributed by atoms with Crippen LogP contribution in [0.3, 0.4) is 0 Å². The molecule has 0 aliphatic carbocycles. The Morgan fingerprint density at radius 2 is 1.81 bits per heavy atom. The number of aromatic hydroxyl groups is 1. The zero-order valence-corrected chi connectivity index (χ0v) is 11.6. The summed E-state index contributed by atoms with van der Waals surface area (Å²) in [6, 6.07) is 7.07. The van der Waals surface area contributed by atoms with Crippen molar-refractivity contribution >= 4 is 5.95 Å². The predicted octanol–water partition coefficient (Wildman–Crippen LogP) is 1.90. The van der Waals surface area contributed by atoms with Gasteiger partial charge in [-0.1, -0.05) is 12.1 Å². The number of hydrogen-bond donors (Lipinski definition) is 2. The molecule has 6 nitrogen and oxygen atoms in total. The van der Waals surface area contributed by atoms with Crippen LogP contribution in [0.5, 0.6) is 17.2 Å². The van der Waals surface area contributed by atoms with Gasteiger partial charge >= 0.3 is 0 Å². The van der Waals surface area contributed by atoms with E-state index in [1.807, 2.05) is 0 Å². The number of hydrogen-bond acceptors (Lipinski definition) is 6. The summed E-state index contributed by atoms with van der Waals surface area (Å²) < 4.78 is 5.56. The van der Waals surface area contributed by atoms with E-state index in [1.54, 1.807) is 36.7 Å². The number of anilines is 1. The van der Waals surface area contributed by atoms with E-state index in [1.165, 1.54) is 0 Å². The molecule has 1 aliphatic rings. The number of rotatable bonds is 3. The van der Waals surface area contributed by atoms with Gasteiger partial charge in [0.25, 0.3) is 0 Å². The molecule has 1 saturated heterocycles. The summed E-state index contributed by atoms with van der Waals surface area (Å²) in [6.45, 7) is 1.75. The molecule has 3 rings (SSSR count). The Balaban J connectivity index is 1.68. The Hall–Kier alpha value is -2.34. The minimum Gasteiger partial charge on any atom is -0.504 e. The van der Waals surface area contributed by atoms with Crippen molar-refractivity contribution in [2.45, 2.75) is 18.9 Å². The lowest BCUT2D eigenvalue weighted by molar-refractivity contribution is 0.409. The standard InChI is InChI=1S/C15H18N4O2/c16-11-5-7-19(8-6-11)15-17-9-12(10-18-15)21-14-4-2-1-3-13(14)20/h1-4,9-11,20H,5-8,16H2. The van der Waals surface area contributed by atoms with Crippen LogP contribution in [-0.4, -0.2) is 34.2 Å². The van der Waals surface area contributed by atoms with Gasteiger partial charge in [0.2, 0.25) is 5.95 Å². The predicted molar refractivity (Wildman–Crippen MR) is 79.6 cm³/mol. The summed E-state index contributed by atoms with van der Waals surface area (Å²) in [6.07, 6.45) is 5.14. The summed E-state index contributed by atoms with van der Waals surface area (Å²) in [5.74, 6) is 1.66. The van der Waals surface area contributed by atoms with Gasteiger partial charge in [0.05, 0.1) is 12.4 Å². The Morgan fingerprint density at radius 3 is 2.48 bits per heavy atom. The third kappa shape index (κ3) is 3.22. The maximum absolute atomic E-state index is 9.67. The number of nitrogens with zero attached hydrogens (tertiary/aromatic N) is 3. The third-order valence-corrected chi connectivity index (χ3v) is 3.53. The molecule has 0 atom stereocenters. The van der Waals surface area contributed by atoms with Gasteiger partial charge in [-0.3, -0.25) is 0 Å². The molecule has 1 aliphatic heterocycles. The highest BCUT2D eigenvalue weighted by Gasteiger charge is 2.18. The van der Waals surface area contributed by atoms with Crippen LogP contribution >= 0.6 is 0 Å². The first kappa shape index (κ1) is 13.6. The van der Waals surface area contributed by atoms with Gasteiger partial charge in [-0.2, -0.15) is 0 Å². The summed E-state index contributed by atoms with van der Waals surface area (Å²) in [5, 5.41) is 9.67. The minimum atomic E-state index is 0.0894. The maximum atomic E-state index is 9.67. The van der Waals surface area contributed by atoms with Crippen LogP contribution in [-0.2, 0) is 0 Å². The van der Waals surface area contributed by atoms with Crippen molar-refractivity contribution in [3.8, 4) is 17.2 Å². The third-order valence-electron chi connectivity index (χ3n) is 3.53. The second-order valence-electron chi connectivity index (χ2n) is 5.11. The van der Waals surface area contributed by atoms with Crippen LogP contribution < -0.4 is 15.4 Å². The fourth-order valence-corrected chi connectivity index (χ4v) is 2.30. The van der Waals surface area contributed by atoms with E-state index in [4.69, 9.17) is 10.5 Å². The monoisotopic (exact) mass is 286 g/mol. The van der Waals surface area contributed by atoms with Crippen molar-refractivity contribution in [3.05, 3.63) is 36.7 Å². The van der Waals surface area contributed by atoms with Crippen LogP contribution in [0.25, 0.3) is 0 Å². The van der Waals surface area contributed by atoms with E-state index in [2.05, 4.69) is 14.9 Å². The molecule has 1 aromatic heterocycles. The highest BCUT2D eigenvalue weighted by atomic mass is 16.5. The second kappa shape index (κ2) is 5.97. The number of nitrogens with two attached hydrogens (primary N) is 1. The number of phenolic OH excluding ortho intramolecular Hbond substituents is 1. The van der Waals surface area contributed by atoms with Gasteiger partial charge in [0.15, 0.2) is 17.2 Å². The van der Waals surface area contributed by atoms with Gasteiger partial charge in [-0.25, -0.2) is 9.97 Å². The topological polar surface area (TPSA) is 84.5 Å². The first-order valence-corrected chi connectivity index (χ1v) is 7.01.